The molecule has 2 bridgehead atoms. The first-order chi connectivity index (χ1) is 39.5. The van der Waals surface area contributed by atoms with Crippen molar-refractivity contribution >= 4 is 50.8 Å². The van der Waals surface area contributed by atoms with E-state index in [9.17, 15) is 19.8 Å². The Hall–Kier alpha value is -7.50. The zero-order chi connectivity index (χ0) is 57.2. The molecule has 4 aromatic carbocycles. The highest BCUT2D eigenvalue weighted by atomic mass is 32.1. The fourth-order valence-electron chi connectivity index (χ4n) is 12.1. The van der Waals surface area contributed by atoms with Gasteiger partial charge in [-0.25, -0.2) is 18.4 Å². The molecule has 5 N–H and O–H groups in total. The quantitative estimate of drug-likeness (QED) is 0.0513. The lowest BCUT2D eigenvalue weighted by atomic mass is 9.88. The number of anilines is 1. The van der Waals surface area contributed by atoms with Crippen molar-refractivity contribution in [2.45, 2.75) is 128 Å². The van der Waals surface area contributed by atoms with Crippen LogP contribution < -0.4 is 25.0 Å². The number of hydrogen-bond donors (Lipinski definition) is 5. The maximum atomic E-state index is 16.1. The predicted molar refractivity (Wildman–Crippen MR) is 305 cm³/mol. The Morgan fingerprint density at radius 1 is 0.939 bits per heavy atom. The maximum Gasteiger partial charge on any atom is 0.319 e. The molecule has 19 nitrogen and oxygen atoms in total. The number of aliphatic hydroxyl groups is 2. The van der Waals surface area contributed by atoms with Gasteiger partial charge in [-0.2, -0.15) is 15.1 Å². The number of methoxy groups -OCH3 is 1. The van der Waals surface area contributed by atoms with Crippen LogP contribution in [0.3, 0.4) is 0 Å². The second-order valence-electron chi connectivity index (χ2n) is 22.7. The van der Waals surface area contributed by atoms with Crippen LogP contribution >= 0.6 is 11.3 Å². The standard InChI is InChI=1S/C60H66F2N12O7S/c1-29(2)54(59(78)73-24-41(76)19-46(73)58(77)66-51(33(6)75)37-14-16-38(17-15-37)56-32(5)64-28-82-56)74-25-45(69-71-74)36-10-8-34(9-11-36)27-80-55-48(47-31(4)49(61)50(62)52-44(47)22-65-70-52)42(35-12-13-35)20-43-53(55)67-60(81-26-30(3)79-7)68-57(43)72-23-39-18-40(72)21-63-39/h8-11,14-17,20,22,25,28-30,33,35,39-41,46,51,54,63,75-76H,12-13,18-19,21,23-24,26-27H2,1-7H3,(H,65,70)(H,66,77)/t30-,33-,39-,40-,41+,46-,51-,54-/m0/s1. The number of halogens is 2. The molecule has 82 heavy (non-hydrogen) atoms. The van der Waals surface area contributed by atoms with Crippen molar-refractivity contribution in [3.8, 4) is 44.6 Å². The summed E-state index contributed by atoms with van der Waals surface area (Å²) in [6.07, 6.45) is 3.84. The minimum atomic E-state index is -1.01. The fourth-order valence-corrected chi connectivity index (χ4v) is 12.9. The van der Waals surface area contributed by atoms with Gasteiger partial charge in [-0.05, 0) is 92.7 Å². The SMILES string of the molecule is CO[C@@H](C)COc1nc(N2C[C@@H]3C[C@H]2CN3)c2cc(C3CC3)c(-c3c(C)c(F)c(F)c4[nH]ncc34)c(OCc3ccc(-c4cn([C@H](C(=O)N5C[C@H](O)C[C@H]5C(=O)N[C@H](c5ccc(-c6scnc6C)cc5)[C@H](C)O)C(C)C)nn4)cc3)c2n1. The molecule has 7 heterocycles. The van der Waals surface area contributed by atoms with E-state index in [2.05, 4.69) is 47.1 Å². The fraction of sp³-hybridized carbons (Fsp3) is 0.433. The highest BCUT2D eigenvalue weighted by Gasteiger charge is 2.44. The van der Waals surface area contributed by atoms with Gasteiger partial charge in [0, 0.05) is 72.7 Å². The summed E-state index contributed by atoms with van der Waals surface area (Å²) in [7, 11) is 1.61. The van der Waals surface area contributed by atoms with Gasteiger partial charge in [-0.3, -0.25) is 14.7 Å². The Labute approximate surface area is 476 Å². The van der Waals surface area contributed by atoms with Gasteiger partial charge in [-0.15, -0.1) is 16.4 Å². The minimum Gasteiger partial charge on any atom is -0.486 e. The van der Waals surface area contributed by atoms with Crippen LogP contribution in [0.4, 0.5) is 14.6 Å². The number of thiazole rings is 1. The summed E-state index contributed by atoms with van der Waals surface area (Å²) in [5.41, 5.74) is 8.87. The van der Waals surface area contributed by atoms with Crippen LogP contribution in [-0.4, -0.2) is 137 Å². The number of nitrogens with one attached hydrogen (secondary N) is 3. The first-order valence-corrected chi connectivity index (χ1v) is 28.9. The molecular formula is C60H66F2N12O7S. The number of aromatic amines is 1. The molecule has 428 valence electrons. The van der Waals surface area contributed by atoms with Gasteiger partial charge >= 0.3 is 6.01 Å². The molecule has 3 aliphatic heterocycles. The average molecular weight is 1140 g/mol. The Kier molecular flexibility index (Phi) is 15.0. The van der Waals surface area contributed by atoms with Crippen LogP contribution in [0.25, 0.3) is 54.6 Å². The summed E-state index contributed by atoms with van der Waals surface area (Å²) >= 11 is 1.53. The van der Waals surface area contributed by atoms with Crippen molar-refractivity contribution < 1.29 is 42.8 Å². The van der Waals surface area contributed by atoms with Crippen LogP contribution in [0.2, 0.25) is 0 Å². The lowest BCUT2D eigenvalue weighted by molar-refractivity contribution is -0.143. The predicted octanol–water partition coefficient (Wildman–Crippen LogP) is 8.27. The number of H-pyrrole nitrogens is 1. The Morgan fingerprint density at radius 2 is 1.71 bits per heavy atom. The highest BCUT2D eigenvalue weighted by Crippen LogP contribution is 2.54. The number of aryl methyl sites for hydroxylation is 1. The number of β-amino-alcohol motifs (C(OH)–C–C–N with tert-alkyl or cyclic N) is 1. The van der Waals surface area contributed by atoms with Crippen molar-refractivity contribution in [3.63, 3.8) is 0 Å². The van der Waals surface area contributed by atoms with Crippen molar-refractivity contribution in [2.75, 3.05) is 38.3 Å². The topological polar surface area (TPSA) is 231 Å². The number of carbonyl (C=O) groups excluding carboxylic acids is 2. The number of rotatable bonds is 19. The number of aromatic nitrogens is 8. The summed E-state index contributed by atoms with van der Waals surface area (Å²) in [6.45, 7) is 12.5. The number of nitrogens with zero attached hydrogens (tertiary/aromatic N) is 9. The number of hydrogen-bond acceptors (Lipinski definition) is 16. The summed E-state index contributed by atoms with van der Waals surface area (Å²) in [6, 6.07) is 15.3. The zero-order valence-corrected chi connectivity index (χ0v) is 47.5. The molecule has 3 saturated heterocycles. The van der Waals surface area contributed by atoms with Gasteiger partial charge in [0.2, 0.25) is 11.8 Å². The third-order valence-electron chi connectivity index (χ3n) is 16.6. The van der Waals surface area contributed by atoms with Gasteiger partial charge < -0.3 is 44.9 Å². The van der Waals surface area contributed by atoms with E-state index < -0.39 is 53.8 Å². The lowest BCUT2D eigenvalue weighted by Crippen LogP contribution is -2.50. The molecular weight excluding hydrogens is 1070 g/mol. The number of fused-ring (bicyclic) bond motifs is 4. The molecule has 12 rings (SSSR count). The van der Waals surface area contributed by atoms with E-state index in [1.807, 2.05) is 76.2 Å². The first-order valence-electron chi connectivity index (χ1n) is 28.0. The molecule has 1 aliphatic carbocycles. The highest BCUT2D eigenvalue weighted by molar-refractivity contribution is 7.13. The monoisotopic (exact) mass is 1140 g/mol. The van der Waals surface area contributed by atoms with Gasteiger partial charge in [-0.1, -0.05) is 67.6 Å². The smallest absolute Gasteiger partial charge is 0.319 e. The van der Waals surface area contributed by atoms with Crippen LogP contribution in [0.1, 0.15) is 99.3 Å². The van der Waals surface area contributed by atoms with Crippen LogP contribution in [0.15, 0.2) is 72.5 Å². The normalized spacial score (nSPS) is 20.3. The van der Waals surface area contributed by atoms with Crippen molar-refractivity contribution in [1.82, 2.24) is 55.7 Å². The third kappa shape index (κ3) is 10.3. The summed E-state index contributed by atoms with van der Waals surface area (Å²) < 4.78 is 52.1. The number of likely N-dealkylation sites (tertiary alicyclic amines) is 1. The Balaban J connectivity index is 0.831. The van der Waals surface area contributed by atoms with Gasteiger partial charge in [0.05, 0.1) is 52.8 Å². The molecule has 0 radical (unpaired) electrons. The number of ether oxygens (including phenoxy) is 3. The molecule has 4 fully saturated rings. The number of aliphatic hydroxyl groups excluding tert-OH is 2. The van der Waals surface area contributed by atoms with Gasteiger partial charge in [0.1, 0.15) is 47.8 Å². The molecule has 2 amide bonds. The second kappa shape index (κ2) is 22.3. The van der Waals surface area contributed by atoms with E-state index in [4.69, 9.17) is 24.2 Å². The Morgan fingerprint density at radius 3 is 2.38 bits per heavy atom. The molecule has 4 aromatic heterocycles. The van der Waals surface area contributed by atoms with E-state index in [0.717, 1.165) is 70.8 Å². The number of benzene rings is 4. The molecule has 0 spiro atoms. The van der Waals surface area contributed by atoms with Gasteiger partial charge in [0.25, 0.3) is 0 Å². The molecule has 4 aliphatic rings. The van der Waals surface area contributed by atoms with Gasteiger partial charge in [0.15, 0.2) is 17.4 Å². The van der Waals surface area contributed by atoms with Crippen LogP contribution in [0, 0.1) is 31.4 Å². The minimum absolute atomic E-state index is 0.0229. The third-order valence-corrected chi connectivity index (χ3v) is 17.6. The zero-order valence-electron chi connectivity index (χ0n) is 46.7. The van der Waals surface area contributed by atoms with E-state index in [0.29, 0.717) is 50.6 Å². The molecule has 8 aromatic rings. The summed E-state index contributed by atoms with van der Waals surface area (Å²) in [4.78, 5) is 48.1. The molecule has 8 atom stereocenters. The largest absolute Gasteiger partial charge is 0.486 e. The molecule has 0 unspecified atom stereocenters. The summed E-state index contributed by atoms with van der Waals surface area (Å²) in [5, 5.41) is 45.4. The average Bonchev–Trinajstić information content (AvgIpc) is 2.13. The van der Waals surface area contributed by atoms with Crippen molar-refractivity contribution in [1.29, 1.82) is 0 Å². The van der Waals surface area contributed by atoms with E-state index in [1.165, 1.54) is 27.1 Å². The van der Waals surface area contributed by atoms with E-state index in [-0.39, 0.29) is 67.3 Å². The molecule has 1 saturated carbocycles. The van der Waals surface area contributed by atoms with E-state index >= 15 is 8.78 Å². The van der Waals surface area contributed by atoms with Crippen molar-refractivity contribution in [3.05, 3.63) is 112 Å². The van der Waals surface area contributed by atoms with Crippen LogP contribution in [0.5, 0.6) is 11.8 Å². The number of amides is 2. The van der Waals surface area contributed by atoms with Crippen molar-refractivity contribution in [2.24, 2.45) is 5.92 Å². The number of piperazine rings is 1. The summed E-state index contributed by atoms with van der Waals surface area (Å²) in [5.74, 6) is -1.97. The maximum absolute atomic E-state index is 16.1. The number of carbonyl (C=O) groups is 2. The lowest BCUT2D eigenvalue weighted by Gasteiger charge is -2.31. The Bertz CT molecular complexity index is 3700. The first kappa shape index (κ1) is 55.1. The molecule has 22 heteroatoms. The second-order valence-corrected chi connectivity index (χ2v) is 23.6. The van der Waals surface area contributed by atoms with E-state index in [1.54, 1.807) is 32.7 Å². The van der Waals surface area contributed by atoms with Crippen LogP contribution in [-0.2, 0) is 20.9 Å².